The molecule has 450 valence electrons. The zero-order chi connectivity index (χ0) is 58.5. The van der Waals surface area contributed by atoms with Crippen LogP contribution in [0.1, 0.15) is 239 Å². The molecule has 0 aromatic carbocycles. The van der Waals surface area contributed by atoms with Crippen molar-refractivity contribution in [1.29, 1.82) is 0 Å². The van der Waals surface area contributed by atoms with Gasteiger partial charge < -0.3 is 14.2 Å². The molecule has 0 saturated carbocycles. The highest BCUT2D eigenvalue weighted by molar-refractivity contribution is 5.71. The fourth-order valence-electron chi connectivity index (χ4n) is 7.88. The van der Waals surface area contributed by atoms with Crippen molar-refractivity contribution in [2.75, 3.05) is 13.2 Å². The molecule has 0 fully saturated rings. The predicted molar refractivity (Wildman–Crippen MR) is 352 cm³/mol. The van der Waals surface area contributed by atoms with Crippen LogP contribution < -0.4 is 0 Å². The number of esters is 3. The minimum Gasteiger partial charge on any atom is -0.462 e. The van der Waals surface area contributed by atoms with Crippen LogP contribution in [-0.4, -0.2) is 37.2 Å². The van der Waals surface area contributed by atoms with Gasteiger partial charge in [-0.05, 0) is 148 Å². The highest BCUT2D eigenvalue weighted by Gasteiger charge is 2.19. The summed E-state index contributed by atoms with van der Waals surface area (Å²) in [7, 11) is 0. The normalized spacial score (nSPS) is 13.5. The summed E-state index contributed by atoms with van der Waals surface area (Å²) in [5, 5.41) is 0. The van der Waals surface area contributed by atoms with Crippen LogP contribution in [0, 0.1) is 0 Å². The van der Waals surface area contributed by atoms with Gasteiger partial charge in [-0.1, -0.05) is 267 Å². The number of carbonyl (C=O) groups excluding carboxylic acids is 3. The third-order valence-electron chi connectivity index (χ3n) is 12.6. The molecule has 0 aromatic rings. The Balaban J connectivity index is 4.46. The average molecular weight is 1110 g/mol. The number of unbranched alkanes of at least 4 members (excludes halogenated alkanes) is 12. The summed E-state index contributed by atoms with van der Waals surface area (Å²) in [6.45, 7) is 6.30. The van der Waals surface area contributed by atoms with Gasteiger partial charge in [0.2, 0.25) is 0 Å². The second-order valence-corrected chi connectivity index (χ2v) is 20.2. The molecule has 0 N–H and O–H groups in total. The van der Waals surface area contributed by atoms with E-state index in [1.54, 1.807) is 0 Å². The first-order valence-electron chi connectivity index (χ1n) is 31.9. The summed E-state index contributed by atoms with van der Waals surface area (Å²) < 4.78 is 16.8. The molecule has 0 amide bonds. The van der Waals surface area contributed by atoms with Crippen molar-refractivity contribution in [2.24, 2.45) is 0 Å². The second kappa shape index (κ2) is 66.8. The van der Waals surface area contributed by atoms with Gasteiger partial charge in [0, 0.05) is 19.3 Å². The molecule has 6 heteroatoms. The number of rotatable bonds is 55. The van der Waals surface area contributed by atoms with Crippen LogP contribution in [0.2, 0.25) is 0 Å². The highest BCUT2D eigenvalue weighted by Crippen LogP contribution is 2.13. The quantitative estimate of drug-likeness (QED) is 0.0261. The molecule has 0 bridgehead atoms. The van der Waals surface area contributed by atoms with E-state index in [-0.39, 0.29) is 44.0 Å². The van der Waals surface area contributed by atoms with Crippen LogP contribution >= 0.6 is 0 Å². The Kier molecular flexibility index (Phi) is 62.0. The van der Waals surface area contributed by atoms with Crippen molar-refractivity contribution in [1.82, 2.24) is 0 Å². The zero-order valence-electron chi connectivity index (χ0n) is 51.5. The lowest BCUT2D eigenvalue weighted by molar-refractivity contribution is -0.167. The van der Waals surface area contributed by atoms with Crippen LogP contribution in [0.25, 0.3) is 0 Å². The minimum atomic E-state index is -0.830. The smallest absolute Gasteiger partial charge is 0.306 e. The lowest BCUT2D eigenvalue weighted by atomic mass is 10.1. The molecular weight excluding hydrogens is 997 g/mol. The number of ether oxygens (including phenoxy) is 3. The number of hydrogen-bond acceptors (Lipinski definition) is 6. The van der Waals surface area contributed by atoms with Crippen LogP contribution in [0.3, 0.4) is 0 Å². The van der Waals surface area contributed by atoms with E-state index in [9.17, 15) is 14.4 Å². The summed E-state index contributed by atoms with van der Waals surface area (Å²) in [6, 6.07) is 0. The maximum Gasteiger partial charge on any atom is 0.306 e. The molecule has 1 atom stereocenters. The molecule has 0 aliphatic heterocycles. The maximum absolute atomic E-state index is 12.9. The van der Waals surface area contributed by atoms with Crippen molar-refractivity contribution in [3.05, 3.63) is 194 Å². The van der Waals surface area contributed by atoms with E-state index < -0.39 is 6.10 Å². The molecular formula is C75H114O6. The van der Waals surface area contributed by atoms with Crippen molar-refractivity contribution in [3.8, 4) is 0 Å². The molecule has 0 heterocycles. The third kappa shape index (κ3) is 64.9. The highest BCUT2D eigenvalue weighted by atomic mass is 16.6. The Labute approximate surface area is 497 Å². The van der Waals surface area contributed by atoms with Gasteiger partial charge in [0.1, 0.15) is 13.2 Å². The Bertz CT molecular complexity index is 1950. The summed E-state index contributed by atoms with van der Waals surface area (Å²) in [5.41, 5.74) is 0. The molecule has 6 nitrogen and oxygen atoms in total. The third-order valence-corrected chi connectivity index (χ3v) is 12.6. The lowest BCUT2D eigenvalue weighted by Gasteiger charge is -2.18. The van der Waals surface area contributed by atoms with Gasteiger partial charge in [-0.3, -0.25) is 14.4 Å². The minimum absolute atomic E-state index is 0.119. The van der Waals surface area contributed by atoms with Crippen molar-refractivity contribution >= 4 is 17.9 Å². The first-order valence-corrected chi connectivity index (χ1v) is 31.9. The van der Waals surface area contributed by atoms with Gasteiger partial charge in [-0.15, -0.1) is 0 Å². The van der Waals surface area contributed by atoms with Gasteiger partial charge in [-0.2, -0.15) is 0 Å². The van der Waals surface area contributed by atoms with Gasteiger partial charge in [-0.25, -0.2) is 0 Å². The van der Waals surface area contributed by atoms with E-state index in [1.807, 2.05) is 0 Å². The largest absolute Gasteiger partial charge is 0.462 e. The zero-order valence-corrected chi connectivity index (χ0v) is 51.5. The molecule has 81 heavy (non-hydrogen) atoms. The van der Waals surface area contributed by atoms with Crippen LogP contribution in [-0.2, 0) is 28.6 Å². The molecule has 0 spiro atoms. The predicted octanol–water partition coefficient (Wildman–Crippen LogP) is 22.2. The maximum atomic E-state index is 12.9. The Morgan fingerprint density at radius 3 is 0.753 bits per heavy atom. The number of carbonyl (C=O) groups is 3. The summed E-state index contributed by atoms with van der Waals surface area (Å²) in [6.07, 6.45) is 102. The van der Waals surface area contributed by atoms with Crippen molar-refractivity contribution in [2.45, 2.75) is 245 Å². The van der Waals surface area contributed by atoms with E-state index in [0.29, 0.717) is 19.3 Å². The molecule has 0 aliphatic rings. The topological polar surface area (TPSA) is 78.9 Å². The summed E-state index contributed by atoms with van der Waals surface area (Å²) in [4.78, 5) is 38.2. The van der Waals surface area contributed by atoms with E-state index >= 15 is 0 Å². The van der Waals surface area contributed by atoms with Crippen LogP contribution in [0.15, 0.2) is 194 Å². The molecule has 1 unspecified atom stereocenters. The first-order chi connectivity index (χ1) is 40.0. The Morgan fingerprint density at radius 1 is 0.259 bits per heavy atom. The van der Waals surface area contributed by atoms with Gasteiger partial charge in [0.25, 0.3) is 0 Å². The fraction of sp³-hybridized carbons (Fsp3) is 0.533. The number of allylic oxidation sites excluding steroid dienone is 32. The SMILES string of the molecule is CC/C=C\C/C=C\C/C=C\C/C=C\C/C=C\C/C=C\C/C=C\C/C=C\CCCCC(=O)OCC(COC(=O)CCCCCCCCCCC)OC(=O)CCCC/C=C\C/C=C\C/C=C\C/C=C\C/C=C\C/C=C\C/C=C\C/C=C\CC. The van der Waals surface area contributed by atoms with E-state index in [2.05, 4.69) is 215 Å². The fourth-order valence-corrected chi connectivity index (χ4v) is 7.88. The summed E-state index contributed by atoms with van der Waals surface area (Å²) in [5.74, 6) is -1.02. The first kappa shape index (κ1) is 75.2. The molecule has 0 aromatic heterocycles. The van der Waals surface area contributed by atoms with E-state index in [0.717, 1.165) is 148 Å². The van der Waals surface area contributed by atoms with Gasteiger partial charge in [0.15, 0.2) is 6.10 Å². The van der Waals surface area contributed by atoms with Crippen LogP contribution in [0.5, 0.6) is 0 Å². The van der Waals surface area contributed by atoms with E-state index in [1.165, 1.54) is 38.5 Å². The second-order valence-electron chi connectivity index (χ2n) is 20.2. The summed E-state index contributed by atoms with van der Waals surface area (Å²) >= 11 is 0. The standard InChI is InChI=1S/C75H114O6/c1-4-7-10-13-16-19-21-23-25-27-29-31-33-35-37-39-41-43-45-47-49-51-53-56-59-62-65-68-74(77)80-71-72(70-79-73(76)67-64-61-58-55-18-15-12-9-6-3)81-75(78)69-66-63-60-57-54-52-50-48-46-44-42-40-38-36-34-32-30-28-26-24-22-20-17-14-11-8-5-2/h7-8,10-11,16-17,19-20,23-26,29-32,35-38,41-44,47-50,53-54,56-57,72H,4-6,9,12-15,18,21-22,27-28,33-34,39-40,45-46,51-52,55,58-71H2,1-3H3/b10-7-,11-8-,19-16-,20-17-,25-23-,26-24-,31-29-,32-30-,37-35-,38-36-,43-41-,44-42-,49-47-,50-48-,56-53-,57-54-. The Hall–Kier alpha value is -5.75. The monoisotopic (exact) mass is 1110 g/mol. The molecule has 0 radical (unpaired) electrons. The molecule has 0 saturated heterocycles. The van der Waals surface area contributed by atoms with Crippen LogP contribution in [0.4, 0.5) is 0 Å². The van der Waals surface area contributed by atoms with Crippen molar-refractivity contribution < 1.29 is 28.6 Å². The van der Waals surface area contributed by atoms with Crippen molar-refractivity contribution in [3.63, 3.8) is 0 Å². The Morgan fingerprint density at radius 2 is 0.481 bits per heavy atom. The van der Waals surface area contributed by atoms with E-state index in [4.69, 9.17) is 14.2 Å². The average Bonchev–Trinajstić information content (AvgIpc) is 3.47. The number of hydrogen-bond donors (Lipinski definition) is 0. The lowest BCUT2D eigenvalue weighted by Crippen LogP contribution is -2.30. The molecule has 0 aliphatic carbocycles. The molecule has 0 rings (SSSR count). The van der Waals surface area contributed by atoms with Gasteiger partial charge >= 0.3 is 17.9 Å². The van der Waals surface area contributed by atoms with Gasteiger partial charge in [0.05, 0.1) is 0 Å².